The second-order valence-electron chi connectivity index (χ2n) is 5.39. The van der Waals surface area contributed by atoms with E-state index in [1.165, 1.54) is 12.1 Å². The zero-order valence-electron chi connectivity index (χ0n) is 11.4. The van der Waals surface area contributed by atoms with Gasteiger partial charge in [0.15, 0.2) is 11.6 Å². The first kappa shape index (κ1) is 13.7. The van der Waals surface area contributed by atoms with E-state index in [-0.39, 0.29) is 17.5 Å². The van der Waals surface area contributed by atoms with E-state index in [4.69, 9.17) is 14.7 Å². The fraction of sp³-hybridized carbons (Fsp3) is 0.538. The number of nitro groups is 1. The maximum Gasteiger partial charge on any atom is 0.433 e. The molecule has 0 amide bonds. The van der Waals surface area contributed by atoms with Crippen molar-refractivity contribution in [1.82, 2.24) is 10.1 Å². The Kier molecular flexibility index (Phi) is 3.46. The molecule has 0 radical (unpaired) electrons. The zero-order chi connectivity index (χ0) is 14.9. The van der Waals surface area contributed by atoms with E-state index in [0.29, 0.717) is 5.82 Å². The third-order valence-electron chi connectivity index (χ3n) is 3.85. The van der Waals surface area contributed by atoms with E-state index >= 15 is 0 Å². The average Bonchev–Trinajstić information content (AvgIpc) is 3.07. The first-order chi connectivity index (χ1) is 10.1. The number of furan rings is 1. The summed E-state index contributed by atoms with van der Waals surface area (Å²) in [5.74, 6) is 0.380. The van der Waals surface area contributed by atoms with Gasteiger partial charge in [-0.25, -0.2) is 0 Å². The molecule has 0 bridgehead atoms. The normalized spacial score (nSPS) is 18.3. The number of nitrogens with two attached hydrogens (primary N) is 1. The molecule has 2 N–H and O–H groups in total. The Bertz CT molecular complexity index is 640. The van der Waals surface area contributed by atoms with Crippen LogP contribution in [0, 0.1) is 10.1 Å². The summed E-state index contributed by atoms with van der Waals surface area (Å²) in [7, 11) is 0. The molecular weight excluding hydrogens is 276 g/mol. The highest BCUT2D eigenvalue weighted by Crippen LogP contribution is 2.33. The summed E-state index contributed by atoms with van der Waals surface area (Å²) >= 11 is 0. The second-order valence-corrected chi connectivity index (χ2v) is 5.39. The predicted molar refractivity (Wildman–Crippen MR) is 72.2 cm³/mol. The van der Waals surface area contributed by atoms with E-state index in [1.54, 1.807) is 0 Å². The average molecular weight is 292 g/mol. The molecular formula is C13H16N4O4. The second kappa shape index (κ2) is 5.28. The molecule has 1 aliphatic rings. The van der Waals surface area contributed by atoms with Gasteiger partial charge in [-0.15, -0.1) is 0 Å². The van der Waals surface area contributed by atoms with Gasteiger partial charge in [-0.2, -0.15) is 4.98 Å². The molecule has 112 valence electrons. The largest absolute Gasteiger partial charge is 0.433 e. The lowest BCUT2D eigenvalue weighted by molar-refractivity contribution is -0.401. The molecule has 2 aromatic rings. The molecule has 0 unspecified atom stereocenters. The Morgan fingerprint density at radius 1 is 1.24 bits per heavy atom. The van der Waals surface area contributed by atoms with E-state index < -0.39 is 10.5 Å². The minimum Gasteiger partial charge on any atom is -0.395 e. The van der Waals surface area contributed by atoms with Crippen LogP contribution in [-0.4, -0.2) is 15.1 Å². The third-order valence-corrected chi connectivity index (χ3v) is 3.85. The molecule has 1 fully saturated rings. The number of hydrogen-bond donors (Lipinski definition) is 1. The quantitative estimate of drug-likeness (QED) is 0.524. The fourth-order valence-corrected chi connectivity index (χ4v) is 2.65. The van der Waals surface area contributed by atoms with E-state index in [0.717, 1.165) is 38.5 Å². The highest BCUT2D eigenvalue weighted by molar-refractivity contribution is 5.46. The van der Waals surface area contributed by atoms with Crippen molar-refractivity contribution in [2.24, 2.45) is 5.73 Å². The summed E-state index contributed by atoms with van der Waals surface area (Å²) in [6.45, 7) is 0. The Morgan fingerprint density at radius 2 is 1.95 bits per heavy atom. The maximum atomic E-state index is 10.6. The summed E-state index contributed by atoms with van der Waals surface area (Å²) in [5.41, 5.74) is 5.81. The van der Waals surface area contributed by atoms with Gasteiger partial charge in [0.2, 0.25) is 0 Å². The van der Waals surface area contributed by atoms with Crippen molar-refractivity contribution in [3.63, 3.8) is 0 Å². The number of aromatic nitrogens is 2. The van der Waals surface area contributed by atoms with Gasteiger partial charge in [0, 0.05) is 0 Å². The molecule has 3 rings (SSSR count). The molecule has 8 nitrogen and oxygen atoms in total. The predicted octanol–water partition coefficient (Wildman–Crippen LogP) is 2.75. The Balaban J connectivity index is 1.86. The van der Waals surface area contributed by atoms with Crippen molar-refractivity contribution < 1.29 is 13.9 Å². The van der Waals surface area contributed by atoms with E-state index in [1.807, 2.05) is 0 Å². The number of hydrogen-bond acceptors (Lipinski definition) is 7. The minimum atomic E-state index is -0.615. The Morgan fingerprint density at radius 3 is 2.57 bits per heavy atom. The van der Waals surface area contributed by atoms with Crippen LogP contribution in [0.25, 0.3) is 11.7 Å². The van der Waals surface area contributed by atoms with Gasteiger partial charge in [0.05, 0.1) is 11.6 Å². The fourth-order valence-electron chi connectivity index (χ4n) is 2.65. The summed E-state index contributed by atoms with van der Waals surface area (Å²) in [6.07, 6.45) is 6.01. The first-order valence-electron chi connectivity index (χ1n) is 6.96. The van der Waals surface area contributed by atoms with Gasteiger partial charge in [-0.05, 0) is 18.9 Å². The summed E-state index contributed by atoms with van der Waals surface area (Å²) in [4.78, 5) is 14.3. The summed E-state index contributed by atoms with van der Waals surface area (Å²) in [6, 6.07) is 2.69. The summed E-state index contributed by atoms with van der Waals surface area (Å²) in [5, 5.41) is 14.6. The van der Waals surface area contributed by atoms with Gasteiger partial charge >= 0.3 is 5.88 Å². The van der Waals surface area contributed by atoms with Crippen molar-refractivity contribution in [2.45, 2.75) is 44.1 Å². The molecule has 0 spiro atoms. The van der Waals surface area contributed by atoms with Gasteiger partial charge in [0.1, 0.15) is 4.92 Å². The molecule has 0 saturated heterocycles. The SMILES string of the molecule is NC1(c2noc(-c3ccc([N+](=O)[O-])o3)n2)CCCCCC1. The van der Waals surface area contributed by atoms with Gasteiger partial charge < -0.3 is 14.7 Å². The molecule has 0 aliphatic heterocycles. The lowest BCUT2D eigenvalue weighted by atomic mass is 9.91. The van der Waals surface area contributed by atoms with Crippen LogP contribution in [0.1, 0.15) is 44.3 Å². The van der Waals surface area contributed by atoms with Crippen molar-refractivity contribution in [1.29, 1.82) is 0 Å². The van der Waals surface area contributed by atoms with Crippen LogP contribution in [0.3, 0.4) is 0 Å². The number of nitrogens with zero attached hydrogens (tertiary/aromatic N) is 3. The third kappa shape index (κ3) is 2.66. The number of rotatable bonds is 3. The summed E-state index contributed by atoms with van der Waals surface area (Å²) < 4.78 is 10.2. The van der Waals surface area contributed by atoms with E-state index in [9.17, 15) is 10.1 Å². The van der Waals surface area contributed by atoms with Gasteiger partial charge in [-0.1, -0.05) is 30.8 Å². The molecule has 8 heteroatoms. The zero-order valence-corrected chi connectivity index (χ0v) is 11.4. The molecule has 0 aromatic carbocycles. The highest BCUT2D eigenvalue weighted by atomic mass is 16.6. The van der Waals surface area contributed by atoms with Crippen LogP contribution in [0.2, 0.25) is 0 Å². The molecule has 2 heterocycles. The van der Waals surface area contributed by atoms with Crippen LogP contribution in [0.4, 0.5) is 5.88 Å². The van der Waals surface area contributed by atoms with Gasteiger partial charge in [-0.3, -0.25) is 10.1 Å². The van der Waals surface area contributed by atoms with Crippen molar-refractivity contribution in [3.05, 3.63) is 28.1 Å². The topological polar surface area (TPSA) is 121 Å². The Hall–Kier alpha value is -2.22. The smallest absolute Gasteiger partial charge is 0.395 e. The van der Waals surface area contributed by atoms with Crippen LogP contribution in [-0.2, 0) is 5.54 Å². The molecule has 2 aromatic heterocycles. The van der Waals surface area contributed by atoms with Crippen LogP contribution in [0.5, 0.6) is 0 Å². The Labute approximate surface area is 120 Å². The molecule has 1 aliphatic carbocycles. The van der Waals surface area contributed by atoms with Crippen molar-refractivity contribution in [3.8, 4) is 11.7 Å². The lowest BCUT2D eigenvalue weighted by Crippen LogP contribution is -2.37. The van der Waals surface area contributed by atoms with Crippen LogP contribution < -0.4 is 5.73 Å². The standard InChI is InChI=1S/C13H16N4O4/c14-13(7-3-1-2-4-8-13)12-15-11(21-16-12)9-5-6-10(20-9)17(18)19/h5-6H,1-4,7-8,14H2. The molecule has 0 atom stereocenters. The van der Waals surface area contributed by atoms with Crippen molar-refractivity contribution in [2.75, 3.05) is 0 Å². The van der Waals surface area contributed by atoms with E-state index in [2.05, 4.69) is 10.1 Å². The van der Waals surface area contributed by atoms with Gasteiger partial charge in [0.25, 0.3) is 5.89 Å². The first-order valence-corrected chi connectivity index (χ1v) is 6.96. The lowest BCUT2D eigenvalue weighted by Gasteiger charge is -2.23. The molecule has 21 heavy (non-hydrogen) atoms. The highest BCUT2D eigenvalue weighted by Gasteiger charge is 2.34. The van der Waals surface area contributed by atoms with Crippen LogP contribution >= 0.6 is 0 Å². The van der Waals surface area contributed by atoms with Crippen LogP contribution in [0.15, 0.2) is 21.1 Å². The molecule has 1 saturated carbocycles. The maximum absolute atomic E-state index is 10.6. The minimum absolute atomic E-state index is 0.118. The monoisotopic (exact) mass is 292 g/mol. The van der Waals surface area contributed by atoms with Crippen molar-refractivity contribution >= 4 is 5.88 Å².